The molecule has 0 saturated heterocycles. The highest BCUT2D eigenvalue weighted by atomic mass is 16.4. The third kappa shape index (κ3) is 1.38. The van der Waals surface area contributed by atoms with Crippen LogP contribution in [0.1, 0.15) is 16.1 Å². The Bertz CT molecular complexity index is 744. The zero-order valence-corrected chi connectivity index (χ0v) is 9.19. The molecule has 2 N–H and O–H groups in total. The van der Waals surface area contributed by atoms with Crippen LogP contribution in [0.15, 0.2) is 30.5 Å². The summed E-state index contributed by atoms with van der Waals surface area (Å²) in [5, 5.41) is 10.9. The predicted octanol–water partition coefficient (Wildman–Crippen LogP) is 2.72. The van der Waals surface area contributed by atoms with Gasteiger partial charge in [-0.05, 0) is 18.6 Å². The minimum atomic E-state index is -1.01. The molecule has 3 rings (SSSR count). The number of benzene rings is 1. The lowest BCUT2D eigenvalue weighted by Crippen LogP contribution is -1.98. The maximum atomic E-state index is 10.9. The van der Waals surface area contributed by atoms with Crippen molar-refractivity contribution in [2.45, 2.75) is 6.92 Å². The summed E-state index contributed by atoms with van der Waals surface area (Å²) in [5.74, 6) is -1.01. The van der Waals surface area contributed by atoms with E-state index in [4.69, 9.17) is 5.11 Å². The molecule has 2 heterocycles. The van der Waals surface area contributed by atoms with Crippen LogP contribution < -0.4 is 0 Å². The first-order chi connectivity index (χ1) is 8.16. The van der Waals surface area contributed by atoms with Crippen LogP contribution in [-0.4, -0.2) is 21.0 Å². The second kappa shape index (κ2) is 3.31. The number of aromatic carboxylic acids is 1. The molecule has 4 nitrogen and oxygen atoms in total. The Kier molecular flexibility index (Phi) is 1.92. The van der Waals surface area contributed by atoms with Crippen molar-refractivity contribution in [3.8, 4) is 0 Å². The molecule has 0 spiro atoms. The number of aromatic nitrogens is 2. The number of hydrogen-bond acceptors (Lipinski definition) is 2. The van der Waals surface area contributed by atoms with E-state index in [9.17, 15) is 4.79 Å². The third-order valence-corrected chi connectivity index (χ3v) is 2.95. The number of carbonyl (C=O) groups is 1. The largest absolute Gasteiger partial charge is 0.477 e. The minimum absolute atomic E-state index is 0.0694. The second-order valence-corrected chi connectivity index (χ2v) is 4.04. The SMILES string of the molecule is Cc1cccc2c1[nH]c1cnc(C(=O)O)cc12. The summed E-state index contributed by atoms with van der Waals surface area (Å²) in [4.78, 5) is 18.1. The van der Waals surface area contributed by atoms with Gasteiger partial charge in [-0.15, -0.1) is 0 Å². The van der Waals surface area contributed by atoms with Crippen molar-refractivity contribution in [2.24, 2.45) is 0 Å². The highest BCUT2D eigenvalue weighted by molar-refractivity contribution is 6.09. The van der Waals surface area contributed by atoms with Gasteiger partial charge in [-0.3, -0.25) is 0 Å². The van der Waals surface area contributed by atoms with Gasteiger partial charge in [0, 0.05) is 16.3 Å². The molecule has 0 amide bonds. The Morgan fingerprint density at radius 2 is 2.18 bits per heavy atom. The van der Waals surface area contributed by atoms with Crippen molar-refractivity contribution < 1.29 is 9.90 Å². The lowest BCUT2D eigenvalue weighted by molar-refractivity contribution is 0.0691. The van der Waals surface area contributed by atoms with Crippen molar-refractivity contribution in [2.75, 3.05) is 0 Å². The Morgan fingerprint density at radius 3 is 2.94 bits per heavy atom. The van der Waals surface area contributed by atoms with Gasteiger partial charge in [-0.25, -0.2) is 9.78 Å². The van der Waals surface area contributed by atoms with Crippen LogP contribution in [0.3, 0.4) is 0 Å². The Labute approximate surface area is 96.9 Å². The molecule has 17 heavy (non-hydrogen) atoms. The van der Waals surface area contributed by atoms with Crippen LogP contribution in [0, 0.1) is 6.92 Å². The molecule has 0 fully saturated rings. The first kappa shape index (κ1) is 9.84. The van der Waals surface area contributed by atoms with E-state index in [1.165, 1.54) is 0 Å². The van der Waals surface area contributed by atoms with E-state index in [0.717, 1.165) is 27.4 Å². The molecule has 0 aliphatic carbocycles. The van der Waals surface area contributed by atoms with Crippen molar-refractivity contribution >= 4 is 27.8 Å². The van der Waals surface area contributed by atoms with E-state index in [-0.39, 0.29) is 5.69 Å². The van der Waals surface area contributed by atoms with Gasteiger partial charge in [0.15, 0.2) is 0 Å². The zero-order valence-electron chi connectivity index (χ0n) is 9.19. The predicted molar refractivity (Wildman–Crippen MR) is 65.3 cm³/mol. The second-order valence-electron chi connectivity index (χ2n) is 4.04. The van der Waals surface area contributed by atoms with Crippen molar-refractivity contribution in [3.05, 3.63) is 41.7 Å². The van der Waals surface area contributed by atoms with E-state index >= 15 is 0 Å². The lowest BCUT2D eigenvalue weighted by atomic mass is 10.1. The quantitative estimate of drug-likeness (QED) is 0.670. The van der Waals surface area contributed by atoms with Crippen LogP contribution in [-0.2, 0) is 0 Å². The Balaban J connectivity index is 2.46. The maximum Gasteiger partial charge on any atom is 0.354 e. The highest BCUT2D eigenvalue weighted by Gasteiger charge is 2.10. The first-order valence-electron chi connectivity index (χ1n) is 5.27. The molecule has 84 valence electrons. The molecule has 0 saturated carbocycles. The Hall–Kier alpha value is -2.36. The summed E-state index contributed by atoms with van der Waals surface area (Å²) >= 11 is 0. The number of nitrogens with one attached hydrogen (secondary N) is 1. The molecule has 0 aliphatic rings. The number of rotatable bonds is 1. The average molecular weight is 226 g/mol. The fourth-order valence-electron chi connectivity index (χ4n) is 2.09. The van der Waals surface area contributed by atoms with Crippen LogP contribution in [0.25, 0.3) is 21.8 Å². The van der Waals surface area contributed by atoms with Crippen LogP contribution in [0.5, 0.6) is 0 Å². The number of hydrogen-bond donors (Lipinski definition) is 2. The molecular formula is C13H10N2O2. The molecule has 3 aromatic rings. The van der Waals surface area contributed by atoms with Crippen molar-refractivity contribution in [1.82, 2.24) is 9.97 Å². The average Bonchev–Trinajstić information content (AvgIpc) is 2.68. The number of para-hydroxylation sites is 1. The monoisotopic (exact) mass is 226 g/mol. The standard InChI is InChI=1S/C13H10N2O2/c1-7-3-2-4-8-9-5-10(13(16)17)14-6-11(9)15-12(7)8/h2-6,15H,1H3,(H,16,17). The fraction of sp³-hybridized carbons (Fsp3) is 0.0769. The molecule has 0 bridgehead atoms. The van der Waals surface area contributed by atoms with Gasteiger partial charge in [-0.1, -0.05) is 18.2 Å². The number of aromatic amines is 1. The van der Waals surface area contributed by atoms with Gasteiger partial charge in [0.1, 0.15) is 5.69 Å². The van der Waals surface area contributed by atoms with Gasteiger partial charge in [0.05, 0.1) is 11.7 Å². The van der Waals surface area contributed by atoms with E-state index in [2.05, 4.69) is 9.97 Å². The normalized spacial score (nSPS) is 11.1. The van der Waals surface area contributed by atoms with E-state index < -0.39 is 5.97 Å². The highest BCUT2D eigenvalue weighted by Crippen LogP contribution is 2.27. The molecule has 4 heteroatoms. The van der Waals surface area contributed by atoms with Crippen molar-refractivity contribution in [1.29, 1.82) is 0 Å². The van der Waals surface area contributed by atoms with Gasteiger partial charge < -0.3 is 10.1 Å². The third-order valence-electron chi connectivity index (χ3n) is 2.95. The zero-order chi connectivity index (χ0) is 12.0. The van der Waals surface area contributed by atoms with Crippen LogP contribution in [0.2, 0.25) is 0 Å². The minimum Gasteiger partial charge on any atom is -0.477 e. The van der Waals surface area contributed by atoms with Crippen LogP contribution >= 0.6 is 0 Å². The van der Waals surface area contributed by atoms with Gasteiger partial charge in [-0.2, -0.15) is 0 Å². The molecule has 0 atom stereocenters. The molecule has 0 aliphatic heterocycles. The summed E-state index contributed by atoms with van der Waals surface area (Å²) in [5.41, 5.74) is 3.10. The number of aryl methyl sites for hydroxylation is 1. The number of carboxylic acid groups (broad SMARTS) is 1. The van der Waals surface area contributed by atoms with Crippen molar-refractivity contribution in [3.63, 3.8) is 0 Å². The molecule has 2 aromatic heterocycles. The molecule has 0 radical (unpaired) electrons. The number of nitrogens with zero attached hydrogens (tertiary/aromatic N) is 1. The molecule has 1 aromatic carbocycles. The summed E-state index contributed by atoms with van der Waals surface area (Å²) < 4.78 is 0. The van der Waals surface area contributed by atoms with Gasteiger partial charge >= 0.3 is 5.97 Å². The Morgan fingerprint density at radius 1 is 1.35 bits per heavy atom. The van der Waals surface area contributed by atoms with Gasteiger partial charge in [0.2, 0.25) is 0 Å². The van der Waals surface area contributed by atoms with Gasteiger partial charge in [0.25, 0.3) is 0 Å². The maximum absolute atomic E-state index is 10.9. The number of fused-ring (bicyclic) bond motifs is 3. The fourth-order valence-corrected chi connectivity index (χ4v) is 2.09. The molecular weight excluding hydrogens is 216 g/mol. The summed E-state index contributed by atoms with van der Waals surface area (Å²) in [6.07, 6.45) is 1.57. The lowest BCUT2D eigenvalue weighted by Gasteiger charge is -1.95. The first-order valence-corrected chi connectivity index (χ1v) is 5.27. The topological polar surface area (TPSA) is 66.0 Å². The van der Waals surface area contributed by atoms with Crippen LogP contribution in [0.4, 0.5) is 0 Å². The number of H-pyrrole nitrogens is 1. The molecule has 0 unspecified atom stereocenters. The van der Waals surface area contributed by atoms with E-state index in [0.29, 0.717) is 0 Å². The number of pyridine rings is 1. The van der Waals surface area contributed by atoms with E-state index in [1.54, 1.807) is 12.3 Å². The smallest absolute Gasteiger partial charge is 0.354 e. The summed E-state index contributed by atoms with van der Waals surface area (Å²) in [7, 11) is 0. The summed E-state index contributed by atoms with van der Waals surface area (Å²) in [6.45, 7) is 2.02. The number of carboxylic acids is 1. The van der Waals surface area contributed by atoms with E-state index in [1.807, 2.05) is 25.1 Å². The summed E-state index contributed by atoms with van der Waals surface area (Å²) in [6, 6.07) is 7.57.